The van der Waals surface area contributed by atoms with Crippen LogP contribution in [-0.2, 0) is 10.0 Å². The maximum Gasteiger partial charge on any atom is 0.251 e. The SMILES string of the molecule is CNS(=O)(=O)c1cc(C(=O)NC2CCCC(C)C2)ccc1OC. The van der Waals surface area contributed by atoms with Gasteiger partial charge in [-0.15, -0.1) is 0 Å². The maximum atomic E-state index is 12.4. The molecule has 2 rings (SSSR count). The average molecular weight is 340 g/mol. The molecule has 1 aromatic rings. The highest BCUT2D eigenvalue weighted by Crippen LogP contribution is 2.26. The summed E-state index contributed by atoms with van der Waals surface area (Å²) in [5.74, 6) is 0.562. The van der Waals surface area contributed by atoms with Gasteiger partial charge in [0.15, 0.2) is 0 Å². The van der Waals surface area contributed by atoms with Crippen molar-refractivity contribution < 1.29 is 17.9 Å². The van der Waals surface area contributed by atoms with E-state index in [9.17, 15) is 13.2 Å². The van der Waals surface area contributed by atoms with E-state index in [-0.39, 0.29) is 22.6 Å². The number of hydrogen-bond donors (Lipinski definition) is 2. The number of amides is 1. The lowest BCUT2D eigenvalue weighted by Gasteiger charge is -2.27. The van der Waals surface area contributed by atoms with Crippen LogP contribution in [-0.4, -0.2) is 34.5 Å². The summed E-state index contributed by atoms with van der Waals surface area (Å²) < 4.78 is 31.5. The second kappa shape index (κ2) is 7.31. The monoisotopic (exact) mass is 340 g/mol. The molecule has 0 radical (unpaired) electrons. The third-order valence-electron chi connectivity index (χ3n) is 4.26. The van der Waals surface area contributed by atoms with Crippen molar-refractivity contribution in [1.29, 1.82) is 0 Å². The van der Waals surface area contributed by atoms with Gasteiger partial charge in [-0.05, 0) is 44.0 Å². The fourth-order valence-electron chi connectivity index (χ4n) is 2.97. The van der Waals surface area contributed by atoms with Gasteiger partial charge in [0, 0.05) is 11.6 Å². The van der Waals surface area contributed by atoms with Crippen LogP contribution in [0.4, 0.5) is 0 Å². The predicted octanol–water partition coefficient (Wildman–Crippen LogP) is 1.91. The fourth-order valence-corrected chi connectivity index (χ4v) is 3.89. The lowest BCUT2D eigenvalue weighted by atomic mass is 9.87. The van der Waals surface area contributed by atoms with Crippen LogP contribution in [0, 0.1) is 5.92 Å². The lowest BCUT2D eigenvalue weighted by molar-refractivity contribution is 0.0921. The molecule has 1 aliphatic rings. The van der Waals surface area contributed by atoms with Crippen molar-refractivity contribution in [3.63, 3.8) is 0 Å². The van der Waals surface area contributed by atoms with Crippen LogP contribution in [0.25, 0.3) is 0 Å². The second-order valence-electron chi connectivity index (χ2n) is 6.02. The standard InChI is InChI=1S/C16H24N2O4S/c1-11-5-4-6-13(9-11)18-16(19)12-7-8-14(22-3)15(10-12)23(20,21)17-2/h7-8,10-11,13,17H,4-6,9H2,1-3H3,(H,18,19). The second-order valence-corrected chi connectivity index (χ2v) is 7.87. The minimum Gasteiger partial charge on any atom is -0.495 e. The van der Waals surface area contributed by atoms with E-state index in [0.717, 1.165) is 19.3 Å². The molecule has 0 bridgehead atoms. The van der Waals surface area contributed by atoms with E-state index in [0.29, 0.717) is 11.5 Å². The normalized spacial score (nSPS) is 21.7. The Balaban J connectivity index is 2.22. The summed E-state index contributed by atoms with van der Waals surface area (Å²) in [5.41, 5.74) is 0.317. The van der Waals surface area contributed by atoms with E-state index < -0.39 is 10.0 Å². The fraction of sp³-hybridized carbons (Fsp3) is 0.562. The Labute approximate surface area is 137 Å². The van der Waals surface area contributed by atoms with Crippen molar-refractivity contribution in [2.75, 3.05) is 14.2 Å². The van der Waals surface area contributed by atoms with E-state index in [4.69, 9.17) is 4.74 Å². The highest BCUT2D eigenvalue weighted by Gasteiger charge is 2.23. The molecule has 0 heterocycles. The number of ether oxygens (including phenoxy) is 1. The molecule has 6 nitrogen and oxygen atoms in total. The number of sulfonamides is 1. The van der Waals surface area contributed by atoms with Crippen molar-refractivity contribution in [1.82, 2.24) is 10.0 Å². The molecule has 128 valence electrons. The number of nitrogens with one attached hydrogen (secondary N) is 2. The lowest BCUT2D eigenvalue weighted by Crippen LogP contribution is -2.38. The largest absolute Gasteiger partial charge is 0.495 e. The van der Waals surface area contributed by atoms with Gasteiger partial charge in [-0.3, -0.25) is 4.79 Å². The number of hydrogen-bond acceptors (Lipinski definition) is 4. The molecule has 1 aromatic carbocycles. The van der Waals surface area contributed by atoms with E-state index in [1.54, 1.807) is 6.07 Å². The molecule has 1 amide bonds. The van der Waals surface area contributed by atoms with Gasteiger partial charge in [0.2, 0.25) is 10.0 Å². The molecule has 2 atom stereocenters. The zero-order valence-electron chi connectivity index (χ0n) is 13.8. The van der Waals surface area contributed by atoms with Gasteiger partial charge in [-0.25, -0.2) is 13.1 Å². The first-order valence-electron chi connectivity index (χ1n) is 7.80. The van der Waals surface area contributed by atoms with Gasteiger partial charge in [-0.2, -0.15) is 0 Å². The van der Waals surface area contributed by atoms with Gasteiger partial charge >= 0.3 is 0 Å². The molecular formula is C16H24N2O4S. The molecule has 0 aromatic heterocycles. The smallest absolute Gasteiger partial charge is 0.251 e. The van der Waals surface area contributed by atoms with E-state index >= 15 is 0 Å². The minimum absolute atomic E-state index is 0.0350. The molecule has 2 unspecified atom stereocenters. The topological polar surface area (TPSA) is 84.5 Å². The summed E-state index contributed by atoms with van der Waals surface area (Å²) in [6.07, 6.45) is 4.23. The van der Waals surface area contributed by atoms with Crippen LogP contribution < -0.4 is 14.8 Å². The molecule has 0 spiro atoms. The summed E-state index contributed by atoms with van der Waals surface area (Å²) in [6, 6.07) is 4.59. The van der Waals surface area contributed by atoms with Crippen LogP contribution >= 0.6 is 0 Å². The number of carbonyl (C=O) groups excluding carboxylic acids is 1. The Morgan fingerprint density at radius 2 is 2.04 bits per heavy atom. The van der Waals surface area contributed by atoms with Gasteiger partial charge < -0.3 is 10.1 Å². The van der Waals surface area contributed by atoms with Crippen molar-refractivity contribution in [3.05, 3.63) is 23.8 Å². The zero-order chi connectivity index (χ0) is 17.0. The van der Waals surface area contributed by atoms with Gasteiger partial charge in [0.25, 0.3) is 5.91 Å². The number of rotatable bonds is 5. The number of benzene rings is 1. The molecule has 0 aliphatic heterocycles. The van der Waals surface area contributed by atoms with Gasteiger partial charge in [0.05, 0.1) is 7.11 Å². The van der Waals surface area contributed by atoms with E-state index in [1.165, 1.54) is 32.7 Å². The third-order valence-corrected chi connectivity index (χ3v) is 5.69. The third kappa shape index (κ3) is 4.23. The Morgan fingerprint density at radius 3 is 2.65 bits per heavy atom. The summed E-state index contributed by atoms with van der Waals surface area (Å²) >= 11 is 0. The molecule has 23 heavy (non-hydrogen) atoms. The summed E-state index contributed by atoms with van der Waals surface area (Å²) in [4.78, 5) is 12.4. The number of carbonyl (C=O) groups is 1. The van der Waals surface area contributed by atoms with Crippen molar-refractivity contribution in [2.24, 2.45) is 5.92 Å². The first-order chi connectivity index (χ1) is 10.9. The van der Waals surface area contributed by atoms with Crippen LogP contribution in [0.1, 0.15) is 43.0 Å². The van der Waals surface area contributed by atoms with E-state index in [1.807, 2.05) is 0 Å². The molecule has 0 saturated heterocycles. The Hall–Kier alpha value is -1.60. The molecular weight excluding hydrogens is 316 g/mol. The van der Waals surface area contributed by atoms with Gasteiger partial charge in [0.1, 0.15) is 10.6 Å². The van der Waals surface area contributed by atoms with Crippen LogP contribution in [0.15, 0.2) is 23.1 Å². The quantitative estimate of drug-likeness (QED) is 0.857. The molecule has 2 N–H and O–H groups in total. The zero-order valence-corrected chi connectivity index (χ0v) is 14.6. The first-order valence-corrected chi connectivity index (χ1v) is 9.28. The summed E-state index contributed by atoms with van der Waals surface area (Å²) in [5, 5.41) is 3.00. The first kappa shape index (κ1) is 17.7. The Kier molecular flexibility index (Phi) is 5.64. The molecule has 1 aliphatic carbocycles. The Bertz CT molecular complexity index is 673. The molecule has 1 fully saturated rings. The highest BCUT2D eigenvalue weighted by atomic mass is 32.2. The van der Waals surface area contributed by atoms with Crippen molar-refractivity contribution in [2.45, 2.75) is 43.5 Å². The Morgan fingerprint density at radius 1 is 1.30 bits per heavy atom. The summed E-state index contributed by atoms with van der Waals surface area (Å²) in [6.45, 7) is 2.18. The average Bonchev–Trinajstić information content (AvgIpc) is 2.54. The molecule has 1 saturated carbocycles. The van der Waals surface area contributed by atoms with Crippen LogP contribution in [0.5, 0.6) is 5.75 Å². The maximum absolute atomic E-state index is 12.4. The predicted molar refractivity (Wildman–Crippen MR) is 88.1 cm³/mol. The summed E-state index contributed by atoms with van der Waals surface area (Å²) in [7, 11) is -0.973. The van der Waals surface area contributed by atoms with Crippen molar-refractivity contribution >= 4 is 15.9 Å². The minimum atomic E-state index is -3.69. The molecule has 7 heteroatoms. The van der Waals surface area contributed by atoms with Gasteiger partial charge in [-0.1, -0.05) is 19.8 Å². The van der Waals surface area contributed by atoms with Crippen LogP contribution in [0.3, 0.4) is 0 Å². The van der Waals surface area contributed by atoms with Crippen molar-refractivity contribution in [3.8, 4) is 5.75 Å². The number of methoxy groups -OCH3 is 1. The van der Waals surface area contributed by atoms with E-state index in [2.05, 4.69) is 17.0 Å². The highest BCUT2D eigenvalue weighted by molar-refractivity contribution is 7.89. The van der Waals surface area contributed by atoms with Crippen LogP contribution in [0.2, 0.25) is 0 Å².